The average molecular weight is 414 g/mol. The van der Waals surface area contributed by atoms with Crippen molar-refractivity contribution in [3.8, 4) is 0 Å². The summed E-state index contributed by atoms with van der Waals surface area (Å²) in [4.78, 5) is 28.3. The summed E-state index contributed by atoms with van der Waals surface area (Å²) >= 11 is 0. The van der Waals surface area contributed by atoms with Crippen LogP contribution in [0.1, 0.15) is 73.2 Å². The fraction of sp³-hybridized carbons (Fsp3) is 0.667. The Morgan fingerprint density at radius 3 is 2.43 bits per heavy atom. The summed E-state index contributed by atoms with van der Waals surface area (Å²) in [5, 5.41) is 9.42. The standard InChI is InChI=1S/C24H35N3O3/c25-24(30)19-7-3-6-18(12-19)20-13-21-8-9-22(14-20)27(21)11-10-26(23(29)16-28)15-17-4-1-2-5-17/h3,6-7,12,17,20-22,28H,1-2,4-5,8-11,13-16H2,(H2,25,30)/t20?,21-,22+. The molecule has 2 heterocycles. The Kier molecular flexibility index (Phi) is 6.74. The SMILES string of the molecule is NC(=O)c1cccc(C2C[C@H]3CC[C@@H](C2)N3CCN(CC2CCCC2)C(=O)CO)c1. The van der Waals surface area contributed by atoms with Crippen molar-refractivity contribution in [2.75, 3.05) is 26.2 Å². The molecular weight excluding hydrogens is 378 g/mol. The first-order valence-corrected chi connectivity index (χ1v) is 11.6. The molecule has 0 radical (unpaired) electrons. The minimum atomic E-state index is -0.391. The molecule has 3 N–H and O–H groups in total. The van der Waals surface area contributed by atoms with Crippen molar-refractivity contribution in [2.45, 2.75) is 69.4 Å². The van der Waals surface area contributed by atoms with Crippen molar-refractivity contribution in [2.24, 2.45) is 11.7 Å². The number of fused-ring (bicyclic) bond motifs is 2. The van der Waals surface area contributed by atoms with E-state index in [1.165, 1.54) is 44.1 Å². The van der Waals surface area contributed by atoms with Crippen LogP contribution in [0.25, 0.3) is 0 Å². The summed E-state index contributed by atoms with van der Waals surface area (Å²) in [6.07, 6.45) is 9.53. The van der Waals surface area contributed by atoms with E-state index >= 15 is 0 Å². The Morgan fingerprint density at radius 2 is 1.80 bits per heavy atom. The molecule has 1 aliphatic carbocycles. The topological polar surface area (TPSA) is 86.9 Å². The first kappa shape index (κ1) is 21.3. The van der Waals surface area contributed by atoms with Crippen LogP contribution in [0.4, 0.5) is 0 Å². The average Bonchev–Trinajstić information content (AvgIpc) is 3.35. The fourth-order valence-corrected chi connectivity index (χ4v) is 6.02. The van der Waals surface area contributed by atoms with Crippen LogP contribution in [0.5, 0.6) is 0 Å². The normalized spacial score (nSPS) is 26.8. The first-order chi connectivity index (χ1) is 14.5. The second-order valence-electron chi connectivity index (χ2n) is 9.43. The van der Waals surface area contributed by atoms with Crippen LogP contribution >= 0.6 is 0 Å². The number of benzene rings is 1. The van der Waals surface area contributed by atoms with E-state index in [1.54, 1.807) is 6.07 Å². The zero-order valence-electron chi connectivity index (χ0n) is 17.8. The maximum atomic E-state index is 12.3. The largest absolute Gasteiger partial charge is 0.387 e. The molecule has 3 aliphatic rings. The molecular formula is C24H35N3O3. The van der Waals surface area contributed by atoms with Gasteiger partial charge in [0, 0.05) is 37.3 Å². The third-order valence-corrected chi connectivity index (χ3v) is 7.60. The van der Waals surface area contributed by atoms with Gasteiger partial charge in [-0.15, -0.1) is 0 Å². The van der Waals surface area contributed by atoms with E-state index in [0.717, 1.165) is 25.9 Å². The maximum Gasteiger partial charge on any atom is 0.248 e. The molecule has 1 aromatic rings. The summed E-state index contributed by atoms with van der Waals surface area (Å²) in [5.41, 5.74) is 7.28. The molecule has 0 aromatic heterocycles. The third kappa shape index (κ3) is 4.70. The minimum Gasteiger partial charge on any atom is -0.387 e. The molecule has 2 aliphatic heterocycles. The summed E-state index contributed by atoms with van der Waals surface area (Å²) in [6.45, 7) is 2.01. The van der Waals surface area contributed by atoms with Gasteiger partial charge in [0.1, 0.15) is 6.61 Å². The second kappa shape index (κ2) is 9.48. The predicted octanol–water partition coefficient (Wildman–Crippen LogP) is 2.51. The van der Waals surface area contributed by atoms with Gasteiger partial charge in [0.05, 0.1) is 0 Å². The number of hydrogen-bond acceptors (Lipinski definition) is 4. The zero-order valence-corrected chi connectivity index (χ0v) is 17.8. The van der Waals surface area contributed by atoms with Crippen LogP contribution < -0.4 is 5.73 Å². The van der Waals surface area contributed by atoms with Crippen molar-refractivity contribution in [3.05, 3.63) is 35.4 Å². The number of hydrogen-bond donors (Lipinski definition) is 2. The highest BCUT2D eigenvalue weighted by Gasteiger charge is 2.41. The van der Waals surface area contributed by atoms with E-state index in [0.29, 0.717) is 36.0 Å². The molecule has 1 unspecified atom stereocenters. The van der Waals surface area contributed by atoms with Gasteiger partial charge >= 0.3 is 0 Å². The van der Waals surface area contributed by atoms with E-state index in [9.17, 15) is 14.7 Å². The summed E-state index contributed by atoms with van der Waals surface area (Å²) in [6, 6.07) is 8.87. The van der Waals surface area contributed by atoms with Gasteiger partial charge in [-0.3, -0.25) is 14.5 Å². The molecule has 0 spiro atoms. The summed E-state index contributed by atoms with van der Waals surface area (Å²) in [5.74, 6) is 0.563. The lowest BCUT2D eigenvalue weighted by Gasteiger charge is -2.40. The van der Waals surface area contributed by atoms with Gasteiger partial charge in [-0.1, -0.05) is 25.0 Å². The molecule has 3 fully saturated rings. The number of aliphatic hydroxyl groups excluding tert-OH is 1. The Hall–Kier alpha value is -1.92. The fourth-order valence-electron chi connectivity index (χ4n) is 6.02. The molecule has 2 bridgehead atoms. The molecule has 6 heteroatoms. The molecule has 6 nitrogen and oxygen atoms in total. The lowest BCUT2D eigenvalue weighted by Crippen LogP contribution is -2.48. The van der Waals surface area contributed by atoms with Crippen LogP contribution in [-0.2, 0) is 4.79 Å². The van der Waals surface area contributed by atoms with Crippen LogP contribution in [0.15, 0.2) is 24.3 Å². The number of carbonyl (C=O) groups is 2. The minimum absolute atomic E-state index is 0.132. The van der Waals surface area contributed by atoms with Crippen LogP contribution in [0.3, 0.4) is 0 Å². The second-order valence-corrected chi connectivity index (χ2v) is 9.43. The van der Waals surface area contributed by atoms with Gasteiger partial charge < -0.3 is 15.7 Å². The van der Waals surface area contributed by atoms with E-state index < -0.39 is 6.61 Å². The van der Waals surface area contributed by atoms with Gasteiger partial charge in [0.15, 0.2) is 0 Å². The number of amides is 2. The number of carbonyl (C=O) groups excluding carboxylic acids is 2. The predicted molar refractivity (Wildman–Crippen MR) is 116 cm³/mol. The molecule has 3 atom stereocenters. The molecule has 1 saturated carbocycles. The Morgan fingerprint density at radius 1 is 1.10 bits per heavy atom. The van der Waals surface area contributed by atoms with Crippen LogP contribution in [0.2, 0.25) is 0 Å². The highest BCUT2D eigenvalue weighted by Crippen LogP contribution is 2.43. The molecule has 2 amide bonds. The Balaban J connectivity index is 1.37. The van der Waals surface area contributed by atoms with Crippen molar-refractivity contribution >= 4 is 11.8 Å². The van der Waals surface area contributed by atoms with E-state index in [-0.39, 0.29) is 11.8 Å². The highest BCUT2D eigenvalue weighted by molar-refractivity contribution is 5.92. The first-order valence-electron chi connectivity index (χ1n) is 11.6. The monoisotopic (exact) mass is 413 g/mol. The van der Waals surface area contributed by atoms with E-state index in [2.05, 4.69) is 11.0 Å². The van der Waals surface area contributed by atoms with E-state index in [4.69, 9.17) is 5.73 Å². The number of rotatable bonds is 8. The lowest BCUT2D eigenvalue weighted by molar-refractivity contribution is -0.135. The summed E-state index contributed by atoms with van der Waals surface area (Å²) < 4.78 is 0. The lowest BCUT2D eigenvalue weighted by atomic mass is 9.84. The maximum absolute atomic E-state index is 12.3. The zero-order chi connectivity index (χ0) is 21.1. The quantitative estimate of drug-likeness (QED) is 0.686. The van der Waals surface area contributed by atoms with Gasteiger partial charge in [-0.2, -0.15) is 0 Å². The molecule has 1 aromatic carbocycles. The number of nitrogens with zero attached hydrogens (tertiary/aromatic N) is 2. The third-order valence-electron chi connectivity index (χ3n) is 7.60. The smallest absolute Gasteiger partial charge is 0.248 e. The number of aliphatic hydroxyl groups is 1. The Labute approximate surface area is 179 Å². The van der Waals surface area contributed by atoms with Crippen molar-refractivity contribution < 1.29 is 14.7 Å². The van der Waals surface area contributed by atoms with Gasteiger partial charge in [-0.25, -0.2) is 0 Å². The number of primary amides is 1. The number of nitrogens with two attached hydrogens (primary N) is 1. The van der Waals surface area contributed by atoms with E-state index in [1.807, 2.05) is 17.0 Å². The van der Waals surface area contributed by atoms with Crippen LogP contribution in [-0.4, -0.2) is 65.0 Å². The molecule has 2 saturated heterocycles. The number of piperidine rings is 1. The van der Waals surface area contributed by atoms with Crippen LogP contribution in [0, 0.1) is 5.92 Å². The molecule has 30 heavy (non-hydrogen) atoms. The van der Waals surface area contributed by atoms with Gasteiger partial charge in [0.25, 0.3) is 0 Å². The van der Waals surface area contributed by atoms with Crippen molar-refractivity contribution in [3.63, 3.8) is 0 Å². The van der Waals surface area contributed by atoms with Crippen molar-refractivity contribution in [1.82, 2.24) is 9.80 Å². The van der Waals surface area contributed by atoms with Gasteiger partial charge in [-0.05, 0) is 68.1 Å². The molecule has 164 valence electrons. The summed E-state index contributed by atoms with van der Waals surface area (Å²) in [7, 11) is 0. The molecule has 4 rings (SSSR count). The highest BCUT2D eigenvalue weighted by atomic mass is 16.3. The van der Waals surface area contributed by atoms with Gasteiger partial charge in [0.2, 0.25) is 11.8 Å². The van der Waals surface area contributed by atoms with Crippen molar-refractivity contribution in [1.29, 1.82) is 0 Å². The Bertz CT molecular complexity index is 748.